The number of fused-ring (bicyclic) bond motifs is 1. The van der Waals surface area contributed by atoms with Gasteiger partial charge in [-0.1, -0.05) is 30.8 Å². The van der Waals surface area contributed by atoms with Crippen LogP contribution in [0.4, 0.5) is 10.5 Å². The molecule has 0 aromatic heterocycles. The van der Waals surface area contributed by atoms with Gasteiger partial charge >= 0.3 is 12.0 Å². The molecule has 22 heavy (non-hydrogen) atoms. The highest BCUT2D eigenvalue weighted by molar-refractivity contribution is 6.08. The van der Waals surface area contributed by atoms with E-state index in [-0.39, 0.29) is 17.4 Å². The quantitative estimate of drug-likeness (QED) is 0.674. The zero-order valence-corrected chi connectivity index (χ0v) is 11.9. The highest BCUT2D eigenvalue weighted by atomic mass is 16.6. The van der Waals surface area contributed by atoms with Crippen LogP contribution < -0.4 is 10.2 Å². The van der Waals surface area contributed by atoms with Crippen molar-refractivity contribution in [1.29, 1.82) is 0 Å². The molecule has 1 fully saturated rings. The number of benzene rings is 2. The number of carbonyl (C=O) groups excluding carboxylic acids is 2. The summed E-state index contributed by atoms with van der Waals surface area (Å²) >= 11 is 0. The second-order valence-corrected chi connectivity index (χ2v) is 5.01. The van der Waals surface area contributed by atoms with Crippen LogP contribution in [0.25, 0.3) is 10.8 Å². The van der Waals surface area contributed by atoms with E-state index in [2.05, 4.69) is 11.9 Å². The summed E-state index contributed by atoms with van der Waals surface area (Å²) in [5.74, 6) is -0.464. The second-order valence-electron chi connectivity index (χ2n) is 5.01. The number of phenols is 1. The minimum Gasteiger partial charge on any atom is -0.507 e. The highest BCUT2D eigenvalue weighted by Crippen LogP contribution is 2.34. The Morgan fingerprint density at radius 1 is 1.27 bits per heavy atom. The maximum absolute atomic E-state index is 11.9. The molecule has 6 nitrogen and oxygen atoms in total. The van der Waals surface area contributed by atoms with Gasteiger partial charge in [0.1, 0.15) is 5.75 Å². The van der Waals surface area contributed by atoms with Crippen LogP contribution in [0.5, 0.6) is 5.75 Å². The summed E-state index contributed by atoms with van der Waals surface area (Å²) in [6, 6.07) is 9.86. The number of aromatic hydroxyl groups is 1. The number of anilines is 1. The van der Waals surface area contributed by atoms with Gasteiger partial charge < -0.3 is 9.84 Å². The fraction of sp³-hybridized carbons (Fsp3) is 0.125. The third-order valence-electron chi connectivity index (χ3n) is 3.40. The Balaban J connectivity index is 1.99. The molecule has 2 N–H and O–H groups in total. The van der Waals surface area contributed by atoms with Crippen molar-refractivity contribution in [2.45, 2.75) is 13.3 Å². The van der Waals surface area contributed by atoms with E-state index >= 15 is 0 Å². The summed E-state index contributed by atoms with van der Waals surface area (Å²) in [4.78, 5) is 24.8. The van der Waals surface area contributed by atoms with Gasteiger partial charge in [-0.3, -0.25) is 5.32 Å². The average molecular weight is 298 g/mol. The molecular formula is C16H14N2O4. The molecule has 0 saturated carbocycles. The number of rotatable bonds is 3. The van der Waals surface area contributed by atoms with E-state index < -0.39 is 12.3 Å². The summed E-state index contributed by atoms with van der Waals surface area (Å²) in [5, 5.41) is 13.7. The lowest BCUT2D eigenvalue weighted by molar-refractivity contribution is -0.146. The van der Waals surface area contributed by atoms with Crippen molar-refractivity contribution in [1.82, 2.24) is 5.32 Å². The van der Waals surface area contributed by atoms with E-state index in [0.29, 0.717) is 16.5 Å². The number of nitrogens with zero attached hydrogens (tertiary/aromatic N) is 1. The molecule has 112 valence electrons. The SMILES string of the molecule is C=C(C)C(=O)OC1NC(=O)N1c1cccc2c(O)cccc12. The molecule has 0 aliphatic carbocycles. The van der Waals surface area contributed by atoms with Gasteiger partial charge in [-0.2, -0.15) is 0 Å². The summed E-state index contributed by atoms with van der Waals surface area (Å²) < 4.78 is 5.16. The van der Waals surface area contributed by atoms with Crippen molar-refractivity contribution in [2.24, 2.45) is 0 Å². The molecule has 0 bridgehead atoms. The summed E-state index contributed by atoms with van der Waals surface area (Å²) in [7, 11) is 0. The number of ether oxygens (including phenoxy) is 1. The normalized spacial score (nSPS) is 16.9. The molecule has 1 heterocycles. The van der Waals surface area contributed by atoms with Crippen molar-refractivity contribution in [3.05, 3.63) is 48.6 Å². The molecule has 0 spiro atoms. The van der Waals surface area contributed by atoms with Crippen LogP contribution in [-0.2, 0) is 9.53 Å². The Labute approximate surface area is 126 Å². The van der Waals surface area contributed by atoms with Crippen LogP contribution in [-0.4, -0.2) is 23.5 Å². The molecule has 1 aliphatic rings. The third kappa shape index (κ3) is 2.14. The van der Waals surface area contributed by atoms with Crippen molar-refractivity contribution < 1.29 is 19.4 Å². The van der Waals surface area contributed by atoms with Crippen LogP contribution in [0, 0.1) is 0 Å². The average Bonchev–Trinajstić information content (AvgIpc) is 2.47. The number of carbonyl (C=O) groups is 2. The molecule has 1 aliphatic heterocycles. The lowest BCUT2D eigenvalue weighted by atomic mass is 10.1. The van der Waals surface area contributed by atoms with E-state index in [1.54, 1.807) is 36.4 Å². The van der Waals surface area contributed by atoms with Crippen LogP contribution in [0.3, 0.4) is 0 Å². The number of hydrogen-bond donors (Lipinski definition) is 2. The first-order valence-electron chi connectivity index (χ1n) is 6.66. The van der Waals surface area contributed by atoms with Crippen LogP contribution in [0.15, 0.2) is 48.6 Å². The standard InChI is InChI=1S/C16H14N2O4/c1-9(2)14(20)22-16-17-15(21)18(16)12-7-3-6-11-10(12)5-4-8-13(11)19/h3-8,16,19H,1H2,2H3,(H,17,21). The number of esters is 1. The second kappa shape index (κ2) is 5.07. The van der Waals surface area contributed by atoms with Crippen molar-refractivity contribution >= 4 is 28.5 Å². The van der Waals surface area contributed by atoms with E-state index in [9.17, 15) is 14.7 Å². The number of amides is 2. The van der Waals surface area contributed by atoms with E-state index in [1.165, 1.54) is 11.8 Å². The van der Waals surface area contributed by atoms with E-state index in [4.69, 9.17) is 4.74 Å². The Morgan fingerprint density at radius 2 is 1.95 bits per heavy atom. The first-order chi connectivity index (χ1) is 10.5. The zero-order valence-electron chi connectivity index (χ0n) is 11.9. The minimum atomic E-state index is -0.885. The van der Waals surface area contributed by atoms with Crippen LogP contribution in [0.2, 0.25) is 0 Å². The van der Waals surface area contributed by atoms with Crippen LogP contribution in [0.1, 0.15) is 6.92 Å². The molecule has 3 rings (SSSR count). The molecule has 1 atom stereocenters. The van der Waals surface area contributed by atoms with Gasteiger partial charge in [0.2, 0.25) is 0 Å². The molecule has 1 saturated heterocycles. The fourth-order valence-corrected chi connectivity index (χ4v) is 2.29. The van der Waals surface area contributed by atoms with Gasteiger partial charge in [-0.15, -0.1) is 0 Å². The predicted octanol–water partition coefficient (Wildman–Crippen LogP) is 2.48. The topological polar surface area (TPSA) is 78.9 Å². The monoisotopic (exact) mass is 298 g/mol. The maximum atomic E-state index is 11.9. The Hall–Kier alpha value is -3.02. The summed E-state index contributed by atoms with van der Waals surface area (Å²) in [5.41, 5.74) is 0.799. The van der Waals surface area contributed by atoms with Gasteiger partial charge in [0.05, 0.1) is 5.69 Å². The van der Waals surface area contributed by atoms with E-state index in [0.717, 1.165) is 0 Å². The number of urea groups is 1. The Morgan fingerprint density at radius 3 is 2.64 bits per heavy atom. The van der Waals surface area contributed by atoms with E-state index in [1.807, 2.05) is 0 Å². The van der Waals surface area contributed by atoms with Gasteiger partial charge in [0.25, 0.3) is 6.35 Å². The molecular weight excluding hydrogens is 284 g/mol. The lowest BCUT2D eigenvalue weighted by Crippen LogP contribution is -2.67. The number of hydrogen-bond acceptors (Lipinski definition) is 4. The summed E-state index contributed by atoms with van der Waals surface area (Å²) in [6.07, 6.45) is -0.885. The third-order valence-corrected chi connectivity index (χ3v) is 3.40. The van der Waals surface area contributed by atoms with Crippen LogP contribution >= 0.6 is 0 Å². The predicted molar refractivity (Wildman–Crippen MR) is 81.3 cm³/mol. The number of nitrogens with one attached hydrogen (secondary N) is 1. The first-order valence-corrected chi connectivity index (χ1v) is 6.66. The molecule has 0 radical (unpaired) electrons. The summed E-state index contributed by atoms with van der Waals surface area (Å²) in [6.45, 7) is 5.04. The largest absolute Gasteiger partial charge is 0.507 e. The zero-order chi connectivity index (χ0) is 15.9. The van der Waals surface area contributed by atoms with Gasteiger partial charge in [0, 0.05) is 16.3 Å². The number of phenolic OH excluding ortho intramolecular Hbond substituents is 1. The van der Waals surface area contributed by atoms with Gasteiger partial charge in [-0.25, -0.2) is 14.5 Å². The van der Waals surface area contributed by atoms with Crippen molar-refractivity contribution in [2.75, 3.05) is 4.90 Å². The van der Waals surface area contributed by atoms with Gasteiger partial charge in [-0.05, 0) is 19.1 Å². The maximum Gasteiger partial charge on any atom is 0.336 e. The molecule has 1 unspecified atom stereocenters. The molecule has 2 amide bonds. The highest BCUT2D eigenvalue weighted by Gasteiger charge is 2.40. The lowest BCUT2D eigenvalue weighted by Gasteiger charge is -2.40. The smallest absolute Gasteiger partial charge is 0.336 e. The van der Waals surface area contributed by atoms with Crippen molar-refractivity contribution in [3.63, 3.8) is 0 Å². The van der Waals surface area contributed by atoms with Gasteiger partial charge in [0.15, 0.2) is 0 Å². The Bertz CT molecular complexity index is 800. The molecule has 2 aromatic carbocycles. The minimum absolute atomic E-state index is 0.121. The first kappa shape index (κ1) is 13.9. The van der Waals surface area contributed by atoms with Crippen molar-refractivity contribution in [3.8, 4) is 5.75 Å². The molecule has 6 heteroatoms. The Kier molecular flexibility index (Phi) is 3.21. The molecule has 2 aromatic rings. The fourth-order valence-electron chi connectivity index (χ4n) is 2.29.